The molecule has 0 saturated carbocycles. The van der Waals surface area contributed by atoms with E-state index in [9.17, 15) is 9.59 Å². The molecule has 0 atom stereocenters. The van der Waals surface area contributed by atoms with Gasteiger partial charge < -0.3 is 10.6 Å². The summed E-state index contributed by atoms with van der Waals surface area (Å²) in [7, 11) is 0. The zero-order chi connectivity index (χ0) is 13.2. The highest BCUT2D eigenvalue weighted by Gasteiger charge is 2.10. The molecule has 2 aromatic rings. The molecule has 1 aromatic carbocycles. The Morgan fingerprint density at radius 2 is 2.05 bits per heavy atom. The monoisotopic (exact) mass is 259 g/mol. The zero-order valence-electron chi connectivity index (χ0n) is 10.1. The van der Waals surface area contributed by atoms with Crippen LogP contribution in [0.5, 0.6) is 0 Å². The van der Waals surface area contributed by atoms with Gasteiger partial charge in [-0.3, -0.25) is 9.78 Å². The number of fused-ring (bicyclic) bond motifs is 1. The van der Waals surface area contributed by atoms with Gasteiger partial charge in [0.25, 0.3) is 5.56 Å². The van der Waals surface area contributed by atoms with E-state index < -0.39 is 11.2 Å². The van der Waals surface area contributed by atoms with Gasteiger partial charge in [0, 0.05) is 19.6 Å². The Kier molecular flexibility index (Phi) is 2.88. The minimum Gasteiger partial charge on any atom is -0.360 e. The van der Waals surface area contributed by atoms with E-state index in [1.165, 1.54) is 11.1 Å². The number of aromatic nitrogens is 3. The van der Waals surface area contributed by atoms with Gasteiger partial charge >= 0.3 is 5.69 Å². The smallest absolute Gasteiger partial charge is 0.342 e. The fraction of sp³-hybridized carbons (Fsp3) is 0.250. The summed E-state index contributed by atoms with van der Waals surface area (Å²) >= 11 is 0. The summed E-state index contributed by atoms with van der Waals surface area (Å²) in [5.41, 5.74) is 2.52. The molecule has 4 N–H and O–H groups in total. The number of nitrogens with zero attached hydrogens (tertiary/aromatic N) is 1. The van der Waals surface area contributed by atoms with Crippen molar-refractivity contribution in [3.05, 3.63) is 55.7 Å². The molecule has 7 nitrogen and oxygen atoms in total. The number of H-pyrrole nitrogens is 2. The van der Waals surface area contributed by atoms with E-state index >= 15 is 0 Å². The summed E-state index contributed by atoms with van der Waals surface area (Å²) in [5.74, 6) is 0.109. The zero-order valence-corrected chi connectivity index (χ0v) is 10.1. The molecule has 2 heterocycles. The average molecular weight is 259 g/mol. The largest absolute Gasteiger partial charge is 0.360 e. The van der Waals surface area contributed by atoms with Crippen LogP contribution < -0.4 is 21.9 Å². The summed E-state index contributed by atoms with van der Waals surface area (Å²) < 4.78 is 0. The van der Waals surface area contributed by atoms with Crippen molar-refractivity contribution in [2.45, 2.75) is 19.6 Å². The predicted octanol–water partition coefficient (Wildman–Crippen LogP) is -0.326. The van der Waals surface area contributed by atoms with Crippen LogP contribution in [0.2, 0.25) is 0 Å². The highest BCUT2D eigenvalue weighted by Crippen LogP contribution is 2.17. The van der Waals surface area contributed by atoms with Gasteiger partial charge in [-0.1, -0.05) is 18.2 Å². The number of benzene rings is 1. The van der Waals surface area contributed by atoms with Crippen LogP contribution in [-0.2, 0) is 19.6 Å². The Morgan fingerprint density at radius 3 is 2.89 bits per heavy atom. The second-order valence-corrected chi connectivity index (χ2v) is 4.42. The van der Waals surface area contributed by atoms with Crippen molar-refractivity contribution in [3.63, 3.8) is 0 Å². The van der Waals surface area contributed by atoms with Crippen LogP contribution in [0.1, 0.15) is 16.7 Å². The maximum Gasteiger partial charge on any atom is 0.342 e. The molecule has 0 bridgehead atoms. The molecule has 98 valence electrons. The van der Waals surface area contributed by atoms with Gasteiger partial charge in [0.2, 0.25) is 5.82 Å². The van der Waals surface area contributed by atoms with Gasteiger partial charge in [-0.25, -0.2) is 9.89 Å². The van der Waals surface area contributed by atoms with Crippen LogP contribution in [0.4, 0.5) is 5.82 Å². The van der Waals surface area contributed by atoms with Crippen molar-refractivity contribution >= 4 is 5.82 Å². The summed E-state index contributed by atoms with van der Waals surface area (Å²) in [6, 6.07) is 6.19. The van der Waals surface area contributed by atoms with E-state index in [4.69, 9.17) is 0 Å². The third-order valence-corrected chi connectivity index (χ3v) is 3.07. The Hall–Kier alpha value is -2.41. The van der Waals surface area contributed by atoms with Gasteiger partial charge in [0.05, 0.1) is 0 Å². The van der Waals surface area contributed by atoms with Crippen LogP contribution in [0.3, 0.4) is 0 Å². The highest BCUT2D eigenvalue weighted by molar-refractivity contribution is 5.37. The second kappa shape index (κ2) is 4.69. The maximum atomic E-state index is 11.4. The first kappa shape index (κ1) is 11.7. The lowest BCUT2D eigenvalue weighted by molar-refractivity contribution is 0.764. The third kappa shape index (κ3) is 2.41. The highest BCUT2D eigenvalue weighted by atomic mass is 16.2. The van der Waals surface area contributed by atoms with E-state index in [1.807, 2.05) is 6.07 Å². The molecule has 0 saturated heterocycles. The fourth-order valence-corrected chi connectivity index (χ4v) is 2.11. The third-order valence-electron chi connectivity index (χ3n) is 3.07. The van der Waals surface area contributed by atoms with Crippen molar-refractivity contribution in [2.75, 3.05) is 5.32 Å². The van der Waals surface area contributed by atoms with E-state index in [0.717, 1.165) is 18.7 Å². The van der Waals surface area contributed by atoms with Crippen LogP contribution in [0.15, 0.2) is 27.8 Å². The van der Waals surface area contributed by atoms with Gasteiger partial charge in [-0.15, -0.1) is 5.10 Å². The maximum absolute atomic E-state index is 11.4. The lowest BCUT2D eigenvalue weighted by atomic mass is 10.1. The van der Waals surface area contributed by atoms with Crippen molar-refractivity contribution in [3.8, 4) is 0 Å². The Bertz CT molecular complexity index is 719. The van der Waals surface area contributed by atoms with Crippen molar-refractivity contribution in [1.29, 1.82) is 0 Å². The van der Waals surface area contributed by atoms with Crippen molar-refractivity contribution in [1.82, 2.24) is 20.5 Å². The van der Waals surface area contributed by atoms with E-state index in [2.05, 4.69) is 37.9 Å². The van der Waals surface area contributed by atoms with Crippen LogP contribution in [0, 0.1) is 0 Å². The number of rotatable bonds is 3. The standard InChI is InChI=1S/C12H13N5O2/c18-11-10(16-17-12(19)15-11)14-4-7-1-2-8-5-13-6-9(8)3-7/h1-3,13H,4-6H2,(H,14,16)(H2,15,17,18,19). The molecule has 1 aliphatic rings. The quantitative estimate of drug-likeness (QED) is 0.604. The SMILES string of the molecule is O=c1[nH]nc(NCc2ccc3c(c2)CNC3)c(=O)[nH]1. The topological polar surface area (TPSA) is 103 Å². The Morgan fingerprint density at radius 1 is 1.21 bits per heavy atom. The van der Waals surface area contributed by atoms with Crippen molar-refractivity contribution < 1.29 is 0 Å². The van der Waals surface area contributed by atoms with E-state index in [-0.39, 0.29) is 5.82 Å². The molecule has 0 spiro atoms. The number of hydrogen-bond donors (Lipinski definition) is 4. The Balaban J connectivity index is 1.75. The number of aromatic amines is 2. The Labute approximate surface area is 108 Å². The van der Waals surface area contributed by atoms with E-state index in [0.29, 0.717) is 6.54 Å². The summed E-state index contributed by atoms with van der Waals surface area (Å²) in [6.07, 6.45) is 0. The second-order valence-electron chi connectivity index (χ2n) is 4.42. The molecular formula is C12H13N5O2. The molecule has 0 unspecified atom stereocenters. The molecule has 1 aliphatic heterocycles. The summed E-state index contributed by atoms with van der Waals surface area (Å²) in [4.78, 5) is 24.4. The predicted molar refractivity (Wildman–Crippen MR) is 69.8 cm³/mol. The first-order valence-corrected chi connectivity index (χ1v) is 5.96. The first-order valence-electron chi connectivity index (χ1n) is 5.96. The molecule has 19 heavy (non-hydrogen) atoms. The van der Waals surface area contributed by atoms with Gasteiger partial charge in [-0.05, 0) is 16.7 Å². The number of anilines is 1. The molecule has 3 rings (SSSR count). The summed E-state index contributed by atoms with van der Waals surface area (Å²) in [5, 5.41) is 12.0. The van der Waals surface area contributed by atoms with Crippen molar-refractivity contribution in [2.24, 2.45) is 0 Å². The van der Waals surface area contributed by atoms with Crippen LogP contribution >= 0.6 is 0 Å². The minimum absolute atomic E-state index is 0.109. The summed E-state index contributed by atoms with van der Waals surface area (Å²) in [6.45, 7) is 2.26. The number of nitrogens with one attached hydrogen (secondary N) is 4. The van der Waals surface area contributed by atoms with Gasteiger partial charge in [-0.2, -0.15) is 0 Å². The average Bonchev–Trinajstić information content (AvgIpc) is 2.85. The normalized spacial score (nSPS) is 13.3. The molecule has 0 fully saturated rings. The fourth-order valence-electron chi connectivity index (χ4n) is 2.11. The molecule has 0 radical (unpaired) electrons. The minimum atomic E-state index is -0.612. The van der Waals surface area contributed by atoms with Crippen LogP contribution in [0.25, 0.3) is 0 Å². The molecule has 0 aliphatic carbocycles. The lowest BCUT2D eigenvalue weighted by Gasteiger charge is -2.06. The first-order chi connectivity index (χ1) is 9.22. The van der Waals surface area contributed by atoms with E-state index in [1.54, 1.807) is 0 Å². The molecule has 7 heteroatoms. The lowest BCUT2D eigenvalue weighted by Crippen LogP contribution is -2.26. The van der Waals surface area contributed by atoms with Gasteiger partial charge in [0.1, 0.15) is 0 Å². The molecular weight excluding hydrogens is 246 g/mol. The van der Waals surface area contributed by atoms with Crippen LogP contribution in [-0.4, -0.2) is 15.2 Å². The van der Waals surface area contributed by atoms with Gasteiger partial charge in [0.15, 0.2) is 0 Å². The molecule has 0 amide bonds. The number of hydrogen-bond acceptors (Lipinski definition) is 5. The molecule has 1 aromatic heterocycles.